The predicted octanol–water partition coefficient (Wildman–Crippen LogP) is 2.21. The highest BCUT2D eigenvalue weighted by molar-refractivity contribution is 6.32. The Balaban J connectivity index is 1.87. The van der Waals surface area contributed by atoms with Crippen molar-refractivity contribution in [3.63, 3.8) is 0 Å². The Morgan fingerprint density at radius 3 is 2.66 bits per heavy atom. The zero-order valence-electron chi connectivity index (χ0n) is 25.5. The van der Waals surface area contributed by atoms with E-state index in [9.17, 15) is 19.2 Å². The van der Waals surface area contributed by atoms with Crippen LogP contribution in [0.15, 0.2) is 48.8 Å². The first kappa shape index (κ1) is 34.3. The van der Waals surface area contributed by atoms with Gasteiger partial charge in [-0.25, -0.2) is 4.79 Å². The lowest BCUT2D eigenvalue weighted by atomic mass is 10.00. The maximum Gasteiger partial charge on any atom is 0.349 e. The standard InChI is InChI=1S/C31H40ClN5O7/c1-19(9-10-22-16-35-37(4)18-22)25-7-6-8-28(38)36-24(14-21-11-12-26(42-5)23(32)13-21)29(39)34-15-20(2)30(40)44-27(17-33-3)31(41)43-25/h6,8-13,16,18-20,24-25,27,33H,7,14-15,17H2,1-5H3,(H,34,39)(H,36,38)/b8-6+,10-9+/t19-,20-,24-,25+,27+/m1/s1. The number of methoxy groups -OCH3 is 1. The number of amides is 2. The summed E-state index contributed by atoms with van der Waals surface area (Å²) < 4.78 is 18.2. The number of cyclic esters (lactones) is 2. The monoisotopic (exact) mass is 629 g/mol. The molecule has 3 N–H and O–H groups in total. The Labute approximate surface area is 262 Å². The molecule has 0 spiro atoms. The molecule has 2 heterocycles. The van der Waals surface area contributed by atoms with Crippen LogP contribution < -0.4 is 20.7 Å². The molecule has 5 atom stereocenters. The SMILES string of the molecule is CNC[C@@H]1OC(=O)[C@H](C)CNC(=O)[C@@H](Cc2ccc(OC)c(Cl)c2)NC(=O)/C=C/C[C@@H]([C@H](C)/C=C/c2cnn(C)c2)OC1=O. The molecule has 0 bridgehead atoms. The van der Waals surface area contributed by atoms with Gasteiger partial charge >= 0.3 is 11.9 Å². The van der Waals surface area contributed by atoms with E-state index < -0.39 is 47.9 Å². The van der Waals surface area contributed by atoms with Crippen molar-refractivity contribution in [1.29, 1.82) is 0 Å². The van der Waals surface area contributed by atoms with Crippen LogP contribution in [-0.2, 0) is 42.1 Å². The number of nitrogens with one attached hydrogen (secondary N) is 3. The highest BCUT2D eigenvalue weighted by Crippen LogP contribution is 2.25. The van der Waals surface area contributed by atoms with E-state index in [1.54, 1.807) is 49.1 Å². The van der Waals surface area contributed by atoms with Gasteiger partial charge in [0, 0.05) is 50.7 Å². The zero-order chi connectivity index (χ0) is 32.2. The third-order valence-electron chi connectivity index (χ3n) is 6.99. The van der Waals surface area contributed by atoms with Crippen LogP contribution in [0.2, 0.25) is 5.02 Å². The molecule has 0 aliphatic carbocycles. The quantitative estimate of drug-likeness (QED) is 0.374. The van der Waals surface area contributed by atoms with Gasteiger partial charge in [0.1, 0.15) is 17.9 Å². The van der Waals surface area contributed by atoms with E-state index in [1.807, 2.05) is 32.3 Å². The van der Waals surface area contributed by atoms with Crippen LogP contribution in [0.1, 0.15) is 31.4 Å². The van der Waals surface area contributed by atoms with Crippen LogP contribution in [0.3, 0.4) is 0 Å². The number of esters is 2. The second-order valence-corrected chi connectivity index (χ2v) is 11.0. The average Bonchev–Trinajstić information content (AvgIpc) is 3.41. The molecule has 1 aromatic heterocycles. The number of hydrogen-bond donors (Lipinski definition) is 3. The number of likely N-dealkylation sites (N-methyl/N-ethyl adjacent to an activating group) is 1. The summed E-state index contributed by atoms with van der Waals surface area (Å²) in [6.07, 6.45) is 8.58. The molecule has 2 amide bonds. The fraction of sp³-hybridized carbons (Fsp3) is 0.452. The van der Waals surface area contributed by atoms with Crippen molar-refractivity contribution in [2.45, 2.75) is 44.9 Å². The van der Waals surface area contributed by atoms with Crippen molar-refractivity contribution in [1.82, 2.24) is 25.7 Å². The maximum absolute atomic E-state index is 13.2. The number of ether oxygens (including phenoxy) is 3. The van der Waals surface area contributed by atoms with E-state index in [4.69, 9.17) is 25.8 Å². The lowest BCUT2D eigenvalue weighted by Crippen LogP contribution is -2.49. The van der Waals surface area contributed by atoms with E-state index in [1.165, 1.54) is 13.2 Å². The Morgan fingerprint density at radius 1 is 1.23 bits per heavy atom. The van der Waals surface area contributed by atoms with Crippen LogP contribution in [0, 0.1) is 11.8 Å². The lowest BCUT2D eigenvalue weighted by Gasteiger charge is -2.25. The van der Waals surface area contributed by atoms with E-state index in [0.29, 0.717) is 16.3 Å². The molecular formula is C31H40ClN5O7. The zero-order valence-corrected chi connectivity index (χ0v) is 26.3. The van der Waals surface area contributed by atoms with Crippen molar-refractivity contribution in [2.24, 2.45) is 18.9 Å². The number of carbonyl (C=O) groups is 4. The van der Waals surface area contributed by atoms with Crippen molar-refractivity contribution < 1.29 is 33.4 Å². The van der Waals surface area contributed by atoms with Crippen molar-refractivity contribution in [2.75, 3.05) is 27.2 Å². The minimum absolute atomic E-state index is 0.0288. The molecule has 2 aromatic rings. The van der Waals surface area contributed by atoms with Crippen LogP contribution >= 0.6 is 11.6 Å². The summed E-state index contributed by atoms with van der Waals surface area (Å²) in [5.74, 6) is -3.01. The van der Waals surface area contributed by atoms with Crippen molar-refractivity contribution in [3.05, 3.63) is 65.0 Å². The molecule has 0 saturated carbocycles. The second kappa shape index (κ2) is 16.6. The molecule has 0 saturated heterocycles. The third-order valence-corrected chi connectivity index (χ3v) is 7.29. The van der Waals surface area contributed by atoms with Crippen LogP contribution in [-0.4, -0.2) is 79.0 Å². The van der Waals surface area contributed by atoms with Crippen LogP contribution in [0.4, 0.5) is 0 Å². The minimum Gasteiger partial charge on any atom is -0.495 e. The van der Waals surface area contributed by atoms with Gasteiger partial charge in [-0.3, -0.25) is 19.1 Å². The molecule has 0 radical (unpaired) electrons. The first-order valence-electron chi connectivity index (χ1n) is 14.3. The Hall–Kier alpha value is -4.16. The number of halogens is 1. The number of aryl methyl sites for hydroxylation is 1. The molecule has 1 aromatic carbocycles. The predicted molar refractivity (Wildman–Crippen MR) is 165 cm³/mol. The average molecular weight is 630 g/mol. The summed E-state index contributed by atoms with van der Waals surface area (Å²) in [5.41, 5.74) is 1.56. The molecule has 44 heavy (non-hydrogen) atoms. The second-order valence-electron chi connectivity index (χ2n) is 10.6. The number of rotatable bonds is 8. The number of carbonyl (C=O) groups excluding carboxylic acids is 4. The van der Waals surface area contributed by atoms with E-state index >= 15 is 0 Å². The molecule has 0 unspecified atom stereocenters. The van der Waals surface area contributed by atoms with Crippen LogP contribution in [0.25, 0.3) is 6.08 Å². The smallest absolute Gasteiger partial charge is 0.349 e. The van der Waals surface area contributed by atoms with E-state index in [-0.39, 0.29) is 31.8 Å². The first-order valence-corrected chi connectivity index (χ1v) is 14.7. The van der Waals surface area contributed by atoms with Gasteiger partial charge in [-0.2, -0.15) is 5.10 Å². The molecule has 0 fully saturated rings. The Bertz CT molecular complexity index is 1370. The highest BCUT2D eigenvalue weighted by atomic mass is 35.5. The van der Waals surface area contributed by atoms with Gasteiger partial charge < -0.3 is 30.2 Å². The van der Waals surface area contributed by atoms with Gasteiger partial charge in [0.2, 0.25) is 17.9 Å². The van der Waals surface area contributed by atoms with Gasteiger partial charge in [-0.15, -0.1) is 0 Å². The Morgan fingerprint density at radius 2 is 2.00 bits per heavy atom. The number of aromatic nitrogens is 2. The molecule has 3 rings (SSSR count). The van der Waals surface area contributed by atoms with Crippen molar-refractivity contribution >= 4 is 41.4 Å². The van der Waals surface area contributed by atoms with Gasteiger partial charge in [0.05, 0.1) is 24.2 Å². The minimum atomic E-state index is -1.21. The number of nitrogens with zero attached hydrogens (tertiary/aromatic N) is 2. The topological polar surface area (TPSA) is 150 Å². The maximum atomic E-state index is 13.2. The molecule has 12 nitrogen and oxygen atoms in total. The summed E-state index contributed by atoms with van der Waals surface area (Å²) in [6, 6.07) is 4.12. The highest BCUT2D eigenvalue weighted by Gasteiger charge is 2.31. The largest absolute Gasteiger partial charge is 0.495 e. The Kier molecular flexibility index (Phi) is 13.0. The summed E-state index contributed by atoms with van der Waals surface area (Å²) in [7, 11) is 4.93. The van der Waals surface area contributed by atoms with E-state index in [2.05, 4.69) is 21.0 Å². The molecular weight excluding hydrogens is 590 g/mol. The van der Waals surface area contributed by atoms with Crippen LogP contribution in [0.5, 0.6) is 5.75 Å². The lowest BCUT2D eigenvalue weighted by molar-refractivity contribution is -0.174. The summed E-state index contributed by atoms with van der Waals surface area (Å²) in [6.45, 7) is 3.39. The van der Waals surface area contributed by atoms with Gasteiger partial charge in [0.25, 0.3) is 0 Å². The number of hydrogen-bond acceptors (Lipinski definition) is 9. The van der Waals surface area contributed by atoms with Crippen molar-refractivity contribution in [3.8, 4) is 5.75 Å². The number of benzene rings is 1. The first-order chi connectivity index (χ1) is 21.0. The normalized spacial score (nSPS) is 23.8. The van der Waals surface area contributed by atoms with E-state index in [0.717, 1.165) is 5.56 Å². The van der Waals surface area contributed by atoms with Gasteiger partial charge in [0.15, 0.2) is 0 Å². The van der Waals surface area contributed by atoms with Gasteiger partial charge in [-0.1, -0.05) is 49.7 Å². The molecule has 1 aliphatic rings. The summed E-state index contributed by atoms with van der Waals surface area (Å²) >= 11 is 6.27. The molecule has 1 aliphatic heterocycles. The molecule has 238 valence electrons. The summed E-state index contributed by atoms with van der Waals surface area (Å²) in [4.78, 5) is 52.2. The third kappa shape index (κ3) is 10.2. The summed E-state index contributed by atoms with van der Waals surface area (Å²) in [5, 5.41) is 12.8. The fourth-order valence-electron chi connectivity index (χ4n) is 4.39. The molecule has 13 heteroatoms. The fourth-order valence-corrected chi connectivity index (χ4v) is 4.67. The van der Waals surface area contributed by atoms with Gasteiger partial charge in [-0.05, 0) is 30.8 Å².